The largest absolute Gasteiger partial charge is 0.185 e. The first kappa shape index (κ1) is 13.6. The Labute approximate surface area is 101 Å². The number of hydrogen-bond donors (Lipinski definition) is 0. The second-order valence-corrected chi connectivity index (χ2v) is 7.59. The molecule has 1 aromatic rings. The minimum absolute atomic E-state index is 0.519. The molecule has 0 amide bonds. The molecule has 0 aliphatic carbocycles. The number of halogens is 1. The summed E-state index contributed by atoms with van der Waals surface area (Å²) in [4.78, 5) is 0.894. The minimum atomic E-state index is -2.06. The Morgan fingerprint density at radius 3 is 2.19 bits per heavy atom. The first-order valence-electron chi connectivity index (χ1n) is 6.03. The maximum Gasteiger partial charge on any atom is 0.0172 e. The highest BCUT2D eigenvalue weighted by Gasteiger charge is 2.18. The second-order valence-electron chi connectivity index (χ2n) is 4.76. The molecule has 16 heavy (non-hydrogen) atoms. The molecule has 0 aliphatic heterocycles. The quantitative estimate of drug-likeness (QED) is 0.658. The molecule has 0 fully saturated rings. The molecule has 0 saturated carbocycles. The van der Waals surface area contributed by atoms with Gasteiger partial charge in [0, 0.05) is 10.6 Å². The Morgan fingerprint density at radius 2 is 1.75 bits per heavy atom. The van der Waals surface area contributed by atoms with Crippen LogP contribution >= 0.6 is 10.4 Å². The zero-order valence-electron chi connectivity index (χ0n) is 10.8. The first-order chi connectivity index (χ1) is 7.47. The molecular weight excluding hydrogens is 219 g/mol. The molecule has 2 heteroatoms. The smallest absolute Gasteiger partial charge is 0.0172 e. The van der Waals surface area contributed by atoms with E-state index in [0.29, 0.717) is 11.7 Å². The third-order valence-corrected chi connectivity index (χ3v) is 5.23. The van der Waals surface area contributed by atoms with Gasteiger partial charge in [0.25, 0.3) is 0 Å². The summed E-state index contributed by atoms with van der Waals surface area (Å²) in [7, 11) is -2.06. The standard InChI is InChI=1S/C14H23FS/c1-5-6-11-16(4,15)14-9-7-13(8-10-14)12(2)3/h7-10,12H,5-6,11H2,1-4H3. The van der Waals surface area contributed by atoms with Gasteiger partial charge in [-0.05, 0) is 36.3 Å². The molecule has 0 heterocycles. The fourth-order valence-electron chi connectivity index (χ4n) is 1.67. The highest BCUT2D eigenvalue weighted by atomic mass is 32.3. The lowest BCUT2D eigenvalue weighted by molar-refractivity contribution is 0.831. The van der Waals surface area contributed by atoms with E-state index in [1.165, 1.54) is 5.56 Å². The average Bonchev–Trinajstić information content (AvgIpc) is 2.26. The van der Waals surface area contributed by atoms with Crippen molar-refractivity contribution in [1.29, 1.82) is 0 Å². The minimum Gasteiger partial charge on any atom is -0.185 e. The number of hydrogen-bond acceptors (Lipinski definition) is 0. The molecular formula is C14H23FS. The van der Waals surface area contributed by atoms with Crippen LogP contribution in [0.1, 0.15) is 45.1 Å². The van der Waals surface area contributed by atoms with Crippen molar-refractivity contribution in [1.82, 2.24) is 0 Å². The lowest BCUT2D eigenvalue weighted by Crippen LogP contribution is -1.98. The van der Waals surface area contributed by atoms with Crippen molar-refractivity contribution >= 4 is 10.4 Å². The van der Waals surface area contributed by atoms with Gasteiger partial charge in [-0.25, -0.2) is 0 Å². The maximum atomic E-state index is 14.4. The van der Waals surface area contributed by atoms with E-state index in [-0.39, 0.29) is 0 Å². The monoisotopic (exact) mass is 242 g/mol. The molecule has 1 aromatic carbocycles. The van der Waals surface area contributed by atoms with Crippen LogP contribution in [0, 0.1) is 0 Å². The molecule has 0 saturated heterocycles. The van der Waals surface area contributed by atoms with Crippen LogP contribution in [-0.2, 0) is 0 Å². The summed E-state index contributed by atoms with van der Waals surface area (Å²) in [6.07, 6.45) is 3.82. The van der Waals surface area contributed by atoms with Crippen molar-refractivity contribution in [3.63, 3.8) is 0 Å². The van der Waals surface area contributed by atoms with Gasteiger partial charge in [-0.1, -0.05) is 49.7 Å². The Hall–Kier alpha value is -0.500. The SMILES string of the molecule is CCCCS(C)(F)c1ccc(C(C)C)cc1. The third-order valence-electron chi connectivity index (χ3n) is 2.92. The van der Waals surface area contributed by atoms with Crippen LogP contribution in [0.3, 0.4) is 0 Å². The topological polar surface area (TPSA) is 0 Å². The van der Waals surface area contributed by atoms with Crippen LogP contribution in [-0.4, -0.2) is 12.0 Å². The van der Waals surface area contributed by atoms with E-state index in [4.69, 9.17) is 0 Å². The van der Waals surface area contributed by atoms with Gasteiger partial charge in [-0.2, -0.15) is 3.89 Å². The molecule has 0 aromatic heterocycles. The maximum absolute atomic E-state index is 14.4. The van der Waals surface area contributed by atoms with E-state index in [1.807, 2.05) is 12.1 Å². The van der Waals surface area contributed by atoms with Crippen molar-refractivity contribution in [2.75, 3.05) is 12.0 Å². The van der Waals surface area contributed by atoms with Gasteiger partial charge < -0.3 is 0 Å². The van der Waals surface area contributed by atoms with E-state index < -0.39 is 10.4 Å². The fourth-order valence-corrected chi connectivity index (χ4v) is 3.44. The molecule has 1 atom stereocenters. The molecule has 0 radical (unpaired) electrons. The summed E-state index contributed by atoms with van der Waals surface area (Å²) >= 11 is 0. The Bertz CT molecular complexity index is 314. The number of rotatable bonds is 5. The fraction of sp³-hybridized carbons (Fsp3) is 0.571. The van der Waals surface area contributed by atoms with E-state index >= 15 is 0 Å². The molecule has 0 spiro atoms. The summed E-state index contributed by atoms with van der Waals surface area (Å²) < 4.78 is 14.4. The zero-order valence-corrected chi connectivity index (χ0v) is 11.6. The van der Waals surface area contributed by atoms with E-state index in [1.54, 1.807) is 6.26 Å². The summed E-state index contributed by atoms with van der Waals surface area (Å²) in [5.41, 5.74) is 1.29. The molecule has 92 valence electrons. The number of benzene rings is 1. The van der Waals surface area contributed by atoms with Crippen molar-refractivity contribution < 1.29 is 3.89 Å². The molecule has 0 nitrogen and oxygen atoms in total. The van der Waals surface area contributed by atoms with Crippen LogP contribution in [0.15, 0.2) is 29.2 Å². The van der Waals surface area contributed by atoms with Crippen LogP contribution in [0.4, 0.5) is 3.89 Å². The van der Waals surface area contributed by atoms with Gasteiger partial charge in [0.05, 0.1) is 0 Å². The van der Waals surface area contributed by atoms with Gasteiger partial charge in [-0.3, -0.25) is 0 Å². The van der Waals surface area contributed by atoms with Crippen LogP contribution in [0.5, 0.6) is 0 Å². The van der Waals surface area contributed by atoms with E-state index in [0.717, 1.165) is 17.7 Å². The van der Waals surface area contributed by atoms with Crippen molar-refractivity contribution in [2.45, 2.75) is 44.4 Å². The molecule has 1 rings (SSSR count). The summed E-state index contributed by atoms with van der Waals surface area (Å²) in [5.74, 6) is 1.22. The van der Waals surface area contributed by atoms with Crippen LogP contribution < -0.4 is 0 Å². The van der Waals surface area contributed by atoms with Gasteiger partial charge in [0.1, 0.15) is 0 Å². The van der Waals surface area contributed by atoms with E-state index in [9.17, 15) is 3.89 Å². The molecule has 1 unspecified atom stereocenters. The van der Waals surface area contributed by atoms with Gasteiger partial charge in [0.2, 0.25) is 0 Å². The predicted octanol–water partition coefficient (Wildman–Crippen LogP) is 5.29. The Balaban J connectivity index is 2.79. The molecule has 0 bridgehead atoms. The molecule has 0 aliphatic rings. The first-order valence-corrected chi connectivity index (χ1v) is 8.14. The Kier molecular flexibility index (Phi) is 4.85. The van der Waals surface area contributed by atoms with Crippen molar-refractivity contribution in [3.8, 4) is 0 Å². The normalized spacial score (nSPS) is 17.1. The van der Waals surface area contributed by atoms with Gasteiger partial charge in [-0.15, -0.1) is 0 Å². The van der Waals surface area contributed by atoms with Crippen LogP contribution in [0.2, 0.25) is 0 Å². The van der Waals surface area contributed by atoms with Gasteiger partial charge in [0.15, 0.2) is 0 Å². The summed E-state index contributed by atoms with van der Waals surface area (Å²) in [6.45, 7) is 6.43. The van der Waals surface area contributed by atoms with Crippen molar-refractivity contribution in [3.05, 3.63) is 29.8 Å². The van der Waals surface area contributed by atoms with Crippen LogP contribution in [0.25, 0.3) is 0 Å². The number of unbranched alkanes of at least 4 members (excludes halogenated alkanes) is 1. The third kappa shape index (κ3) is 3.51. The average molecular weight is 242 g/mol. The molecule has 0 N–H and O–H groups in total. The predicted molar refractivity (Wildman–Crippen MR) is 73.2 cm³/mol. The van der Waals surface area contributed by atoms with Crippen molar-refractivity contribution in [2.24, 2.45) is 0 Å². The summed E-state index contributed by atoms with van der Waals surface area (Å²) in [6, 6.07) is 8.08. The Morgan fingerprint density at radius 1 is 1.19 bits per heavy atom. The summed E-state index contributed by atoms with van der Waals surface area (Å²) in [5, 5.41) is 0. The highest BCUT2D eigenvalue weighted by molar-refractivity contribution is 8.29. The second kappa shape index (κ2) is 5.72. The zero-order chi connectivity index (χ0) is 12.2. The lowest BCUT2D eigenvalue weighted by atomic mass is 10.0. The van der Waals surface area contributed by atoms with E-state index in [2.05, 4.69) is 32.9 Å². The lowest BCUT2D eigenvalue weighted by Gasteiger charge is -2.26. The highest BCUT2D eigenvalue weighted by Crippen LogP contribution is 2.54. The van der Waals surface area contributed by atoms with Gasteiger partial charge >= 0.3 is 0 Å².